The quantitative estimate of drug-likeness (QED) is 0.269. The molecule has 0 bridgehead atoms. The predicted octanol–water partition coefficient (Wildman–Crippen LogP) is 1.84. The fourth-order valence-corrected chi connectivity index (χ4v) is 1.97. The first-order valence-electron chi connectivity index (χ1n) is 6.91. The van der Waals surface area contributed by atoms with Crippen LogP contribution in [-0.4, -0.2) is 37.6 Å². The highest BCUT2D eigenvalue weighted by atomic mass is 32.1. The third kappa shape index (κ3) is 6.11. The van der Waals surface area contributed by atoms with Gasteiger partial charge in [-0.1, -0.05) is 0 Å². The number of thiocarbonyl (C=S) groups is 1. The number of ether oxygens (including phenoxy) is 3. The molecule has 0 heterocycles. The highest BCUT2D eigenvalue weighted by Gasteiger charge is 2.15. The molecule has 0 unspecified atom stereocenters. The summed E-state index contributed by atoms with van der Waals surface area (Å²) in [6.45, 7) is 5.25. The largest absolute Gasteiger partial charge is 0.493 e. The lowest BCUT2D eigenvalue weighted by Gasteiger charge is -2.13. The van der Waals surface area contributed by atoms with Crippen molar-refractivity contribution in [2.75, 3.05) is 14.2 Å². The first-order valence-corrected chi connectivity index (χ1v) is 7.32. The zero-order valence-electron chi connectivity index (χ0n) is 13.8. The van der Waals surface area contributed by atoms with Crippen LogP contribution >= 0.6 is 12.2 Å². The van der Waals surface area contributed by atoms with Crippen molar-refractivity contribution in [2.45, 2.75) is 26.8 Å². The standard InChI is InChI=1S/C15H21N3O4S/c1-9(2)17-15(23)18-16-8-11-6-12(20-4)14(22-10(3)19)13(7-11)21-5/h6-9H,1-5H3,(H2,17,18,23). The van der Waals surface area contributed by atoms with Gasteiger partial charge in [-0.15, -0.1) is 0 Å². The summed E-state index contributed by atoms with van der Waals surface area (Å²) in [5.41, 5.74) is 3.40. The number of nitrogens with one attached hydrogen (secondary N) is 2. The van der Waals surface area contributed by atoms with Gasteiger partial charge in [-0.25, -0.2) is 0 Å². The van der Waals surface area contributed by atoms with Crippen LogP contribution in [0.5, 0.6) is 17.2 Å². The molecule has 0 aromatic heterocycles. The van der Waals surface area contributed by atoms with Gasteiger partial charge >= 0.3 is 5.97 Å². The van der Waals surface area contributed by atoms with E-state index in [1.807, 2.05) is 13.8 Å². The van der Waals surface area contributed by atoms with E-state index in [0.717, 1.165) is 0 Å². The fourth-order valence-electron chi connectivity index (χ4n) is 1.68. The Balaban J connectivity index is 2.96. The Bertz CT molecular complexity index is 577. The van der Waals surface area contributed by atoms with Gasteiger partial charge in [-0.05, 0) is 38.2 Å². The Kier molecular flexibility index (Phi) is 7.27. The van der Waals surface area contributed by atoms with E-state index in [1.54, 1.807) is 18.3 Å². The van der Waals surface area contributed by atoms with Crippen molar-refractivity contribution in [1.82, 2.24) is 10.7 Å². The van der Waals surface area contributed by atoms with E-state index in [0.29, 0.717) is 22.2 Å². The summed E-state index contributed by atoms with van der Waals surface area (Å²) in [4.78, 5) is 11.2. The van der Waals surface area contributed by atoms with Gasteiger partial charge in [0.1, 0.15) is 0 Å². The van der Waals surface area contributed by atoms with Crippen molar-refractivity contribution in [2.24, 2.45) is 5.10 Å². The van der Waals surface area contributed by atoms with Crippen molar-refractivity contribution in [3.63, 3.8) is 0 Å². The number of hydrogen-bond acceptors (Lipinski definition) is 6. The summed E-state index contributed by atoms with van der Waals surface area (Å²) >= 11 is 5.07. The zero-order valence-corrected chi connectivity index (χ0v) is 14.6. The van der Waals surface area contributed by atoms with Crippen molar-refractivity contribution in [3.05, 3.63) is 17.7 Å². The SMILES string of the molecule is COc1cc(C=NNC(=S)NC(C)C)cc(OC)c1OC(C)=O. The summed E-state index contributed by atoms with van der Waals surface area (Å²) in [7, 11) is 2.95. The smallest absolute Gasteiger partial charge is 0.308 e. The van der Waals surface area contributed by atoms with E-state index in [1.165, 1.54) is 21.1 Å². The topological polar surface area (TPSA) is 81.2 Å². The second kappa shape index (κ2) is 8.94. The molecule has 0 saturated carbocycles. The van der Waals surface area contributed by atoms with Crippen LogP contribution in [0.25, 0.3) is 0 Å². The molecule has 8 heteroatoms. The molecule has 2 N–H and O–H groups in total. The molecule has 23 heavy (non-hydrogen) atoms. The first kappa shape index (κ1) is 18.7. The summed E-state index contributed by atoms with van der Waals surface area (Å²) in [6.07, 6.45) is 1.55. The van der Waals surface area contributed by atoms with Gasteiger partial charge in [-0.2, -0.15) is 5.10 Å². The fraction of sp³-hybridized carbons (Fsp3) is 0.400. The number of rotatable bonds is 6. The van der Waals surface area contributed by atoms with Gasteiger partial charge in [-0.3, -0.25) is 10.2 Å². The van der Waals surface area contributed by atoms with Crippen LogP contribution in [0, 0.1) is 0 Å². The Morgan fingerprint density at radius 3 is 2.26 bits per heavy atom. The molecule has 1 rings (SSSR count). The normalized spacial score (nSPS) is 10.5. The first-order chi connectivity index (χ1) is 10.9. The molecule has 0 fully saturated rings. The number of nitrogens with zero attached hydrogens (tertiary/aromatic N) is 1. The molecule has 0 radical (unpaired) electrons. The maximum atomic E-state index is 11.2. The second-order valence-corrected chi connectivity index (χ2v) is 5.25. The Morgan fingerprint density at radius 1 is 1.26 bits per heavy atom. The van der Waals surface area contributed by atoms with Crippen LogP contribution in [0.3, 0.4) is 0 Å². The number of carbonyl (C=O) groups is 1. The van der Waals surface area contributed by atoms with Crippen molar-refractivity contribution in [1.29, 1.82) is 0 Å². The van der Waals surface area contributed by atoms with E-state index < -0.39 is 5.97 Å². The average molecular weight is 339 g/mol. The van der Waals surface area contributed by atoms with Crippen molar-refractivity contribution < 1.29 is 19.0 Å². The number of carbonyl (C=O) groups excluding carboxylic acids is 1. The molecular weight excluding hydrogens is 318 g/mol. The monoisotopic (exact) mass is 339 g/mol. The summed E-state index contributed by atoms with van der Waals surface area (Å²) in [5.74, 6) is 0.493. The highest BCUT2D eigenvalue weighted by molar-refractivity contribution is 7.80. The van der Waals surface area contributed by atoms with E-state index in [-0.39, 0.29) is 11.8 Å². The summed E-state index contributed by atoms with van der Waals surface area (Å²) in [6, 6.07) is 3.56. The van der Waals surface area contributed by atoms with E-state index in [2.05, 4.69) is 15.8 Å². The van der Waals surface area contributed by atoms with Gasteiger partial charge in [0.15, 0.2) is 16.6 Å². The molecule has 126 valence electrons. The van der Waals surface area contributed by atoms with E-state index >= 15 is 0 Å². The third-order valence-corrected chi connectivity index (χ3v) is 2.74. The van der Waals surface area contributed by atoms with E-state index in [4.69, 9.17) is 26.4 Å². The summed E-state index contributed by atoms with van der Waals surface area (Å²) < 4.78 is 15.6. The van der Waals surface area contributed by atoms with Crippen LogP contribution in [0.1, 0.15) is 26.3 Å². The Morgan fingerprint density at radius 2 is 1.83 bits per heavy atom. The van der Waals surface area contributed by atoms with Crippen LogP contribution < -0.4 is 25.0 Å². The molecule has 0 spiro atoms. The van der Waals surface area contributed by atoms with Crippen LogP contribution in [-0.2, 0) is 4.79 Å². The molecule has 0 aliphatic carbocycles. The Hall–Kier alpha value is -2.35. The van der Waals surface area contributed by atoms with E-state index in [9.17, 15) is 4.79 Å². The van der Waals surface area contributed by atoms with Gasteiger partial charge in [0.25, 0.3) is 0 Å². The highest BCUT2D eigenvalue weighted by Crippen LogP contribution is 2.38. The number of hydrogen-bond donors (Lipinski definition) is 2. The average Bonchev–Trinajstić information content (AvgIpc) is 2.46. The molecule has 0 atom stereocenters. The number of esters is 1. The molecule has 1 aromatic carbocycles. The second-order valence-electron chi connectivity index (χ2n) is 4.85. The zero-order chi connectivity index (χ0) is 17.4. The van der Waals surface area contributed by atoms with Crippen molar-refractivity contribution >= 4 is 29.5 Å². The third-order valence-electron chi connectivity index (χ3n) is 2.53. The molecule has 0 aliphatic rings. The van der Waals surface area contributed by atoms with Gasteiger partial charge in [0.05, 0.1) is 20.4 Å². The minimum atomic E-state index is -0.463. The minimum Gasteiger partial charge on any atom is -0.493 e. The lowest BCUT2D eigenvalue weighted by molar-refractivity contribution is -0.132. The number of benzene rings is 1. The molecule has 0 saturated heterocycles. The van der Waals surface area contributed by atoms with Crippen LogP contribution in [0.2, 0.25) is 0 Å². The Labute approximate surface area is 141 Å². The van der Waals surface area contributed by atoms with Gasteiger partial charge in [0.2, 0.25) is 5.75 Å². The summed E-state index contributed by atoms with van der Waals surface area (Å²) in [5, 5.41) is 7.47. The minimum absolute atomic E-state index is 0.216. The molecule has 1 aromatic rings. The lowest BCUT2D eigenvalue weighted by Crippen LogP contribution is -2.36. The molecule has 0 amide bonds. The lowest BCUT2D eigenvalue weighted by atomic mass is 10.2. The van der Waals surface area contributed by atoms with Crippen LogP contribution in [0.4, 0.5) is 0 Å². The van der Waals surface area contributed by atoms with Crippen LogP contribution in [0.15, 0.2) is 17.2 Å². The maximum absolute atomic E-state index is 11.2. The number of methoxy groups -OCH3 is 2. The predicted molar refractivity (Wildman–Crippen MR) is 92.5 cm³/mol. The maximum Gasteiger partial charge on any atom is 0.308 e. The molecule has 0 aliphatic heterocycles. The number of hydrazone groups is 1. The molecule has 7 nitrogen and oxygen atoms in total. The van der Waals surface area contributed by atoms with Crippen molar-refractivity contribution in [3.8, 4) is 17.2 Å². The van der Waals surface area contributed by atoms with Gasteiger partial charge < -0.3 is 19.5 Å². The molecular formula is C15H21N3O4S. The van der Waals surface area contributed by atoms with Gasteiger partial charge in [0, 0.05) is 18.5 Å².